The summed E-state index contributed by atoms with van der Waals surface area (Å²) >= 11 is 0. The van der Waals surface area contributed by atoms with Crippen LogP contribution in [0.25, 0.3) is 0 Å². The Hall–Kier alpha value is -1.59. The second kappa shape index (κ2) is 51.3. The summed E-state index contributed by atoms with van der Waals surface area (Å²) in [5, 5.41) is 0. The molecular weight excluding hydrogens is 817 g/mol. The Morgan fingerprint density at radius 1 is 0.303 bits per heavy atom. The number of hydrogen-bond donors (Lipinski definition) is 0. The summed E-state index contributed by atoms with van der Waals surface area (Å²) in [4.78, 5) is 38.1. The first-order valence-electron chi connectivity index (χ1n) is 29.7. The van der Waals surface area contributed by atoms with Gasteiger partial charge in [-0.2, -0.15) is 0 Å². The van der Waals surface area contributed by atoms with E-state index in [1.807, 2.05) is 0 Å². The Kier molecular flexibility index (Phi) is 50.0. The van der Waals surface area contributed by atoms with Crippen LogP contribution in [-0.4, -0.2) is 37.2 Å². The number of carbonyl (C=O) groups is 3. The van der Waals surface area contributed by atoms with Crippen LogP contribution >= 0.6 is 0 Å². The van der Waals surface area contributed by atoms with Crippen molar-refractivity contribution in [3.8, 4) is 0 Å². The van der Waals surface area contributed by atoms with Gasteiger partial charge in [0, 0.05) is 19.3 Å². The first kappa shape index (κ1) is 64.4. The Morgan fingerprint density at radius 3 is 0.788 bits per heavy atom. The molecular formula is C60H116O6. The van der Waals surface area contributed by atoms with Crippen LogP contribution in [0.3, 0.4) is 0 Å². The van der Waals surface area contributed by atoms with Gasteiger partial charge in [0.2, 0.25) is 0 Å². The summed E-state index contributed by atoms with van der Waals surface area (Å²) in [7, 11) is 0. The van der Waals surface area contributed by atoms with E-state index < -0.39 is 6.10 Å². The second-order valence-electron chi connectivity index (χ2n) is 21.6. The van der Waals surface area contributed by atoms with Crippen LogP contribution < -0.4 is 0 Å². The van der Waals surface area contributed by atoms with Gasteiger partial charge in [-0.15, -0.1) is 0 Å². The maximum Gasteiger partial charge on any atom is 0.306 e. The van der Waals surface area contributed by atoms with E-state index in [9.17, 15) is 14.4 Å². The lowest BCUT2D eigenvalue weighted by Gasteiger charge is -2.18. The van der Waals surface area contributed by atoms with Gasteiger partial charge in [-0.25, -0.2) is 0 Å². The summed E-state index contributed by atoms with van der Waals surface area (Å²) < 4.78 is 16.9. The van der Waals surface area contributed by atoms with Crippen LogP contribution in [0.2, 0.25) is 0 Å². The van der Waals surface area contributed by atoms with Gasteiger partial charge >= 0.3 is 17.9 Å². The monoisotopic (exact) mass is 933 g/mol. The molecule has 0 fully saturated rings. The molecule has 0 radical (unpaired) electrons. The molecule has 66 heavy (non-hydrogen) atoms. The third kappa shape index (κ3) is 50.3. The summed E-state index contributed by atoms with van der Waals surface area (Å²) in [6.07, 6.45) is 53.9. The van der Waals surface area contributed by atoms with Crippen LogP contribution in [-0.2, 0) is 28.6 Å². The number of ether oxygens (including phenoxy) is 3. The zero-order valence-electron chi connectivity index (χ0n) is 45.5. The number of unbranched alkanes of at least 4 members (excludes halogenated alkanes) is 34. The highest BCUT2D eigenvalue weighted by Gasteiger charge is 2.19. The van der Waals surface area contributed by atoms with E-state index in [4.69, 9.17) is 14.2 Å². The topological polar surface area (TPSA) is 78.9 Å². The average Bonchev–Trinajstić information content (AvgIpc) is 3.30. The highest BCUT2D eigenvalue weighted by molar-refractivity contribution is 5.71. The Balaban J connectivity index is 4.19. The zero-order valence-corrected chi connectivity index (χ0v) is 45.5. The lowest BCUT2D eigenvalue weighted by atomic mass is 9.99. The SMILES string of the molecule is CCC(C)CCCCCCCCCCCCCCCCCCCCC(=O)OC[C@H](COC(=O)CCCCCCCCCCCCCCCC(C)C)OC(=O)CCCCCCCCC(C)CC. The molecule has 0 amide bonds. The maximum atomic E-state index is 12.8. The number of esters is 3. The smallest absolute Gasteiger partial charge is 0.306 e. The van der Waals surface area contributed by atoms with E-state index in [2.05, 4.69) is 41.5 Å². The molecule has 0 spiro atoms. The van der Waals surface area contributed by atoms with Crippen LogP contribution in [0, 0.1) is 17.8 Å². The van der Waals surface area contributed by atoms with E-state index in [0.717, 1.165) is 75.5 Å². The fourth-order valence-electron chi connectivity index (χ4n) is 9.11. The van der Waals surface area contributed by atoms with E-state index in [0.29, 0.717) is 19.3 Å². The van der Waals surface area contributed by atoms with E-state index in [1.54, 1.807) is 0 Å². The normalized spacial score (nSPS) is 13.0. The van der Waals surface area contributed by atoms with Crippen LogP contribution in [0.5, 0.6) is 0 Å². The minimum Gasteiger partial charge on any atom is -0.462 e. The molecule has 0 heterocycles. The number of hydrogen-bond acceptors (Lipinski definition) is 6. The van der Waals surface area contributed by atoms with Gasteiger partial charge in [0.25, 0.3) is 0 Å². The van der Waals surface area contributed by atoms with Crippen molar-refractivity contribution in [2.45, 2.75) is 337 Å². The number of rotatable bonds is 53. The highest BCUT2D eigenvalue weighted by Crippen LogP contribution is 2.19. The predicted molar refractivity (Wildman–Crippen MR) is 284 cm³/mol. The lowest BCUT2D eigenvalue weighted by molar-refractivity contribution is -0.167. The molecule has 0 aliphatic carbocycles. The molecule has 0 N–H and O–H groups in total. The van der Waals surface area contributed by atoms with Crippen molar-refractivity contribution in [3.05, 3.63) is 0 Å². The molecule has 392 valence electrons. The molecule has 0 aliphatic heterocycles. The molecule has 0 rings (SSSR count). The van der Waals surface area contributed by atoms with Gasteiger partial charge in [0.1, 0.15) is 13.2 Å². The molecule has 0 bridgehead atoms. The van der Waals surface area contributed by atoms with Gasteiger partial charge in [-0.05, 0) is 37.0 Å². The van der Waals surface area contributed by atoms with Crippen molar-refractivity contribution in [1.29, 1.82) is 0 Å². The van der Waals surface area contributed by atoms with E-state index in [1.165, 1.54) is 212 Å². The fraction of sp³-hybridized carbons (Fsp3) is 0.950. The summed E-state index contributed by atoms with van der Waals surface area (Å²) in [5.74, 6) is 1.71. The Bertz CT molecular complexity index is 1030. The van der Waals surface area contributed by atoms with Crippen molar-refractivity contribution in [2.24, 2.45) is 17.8 Å². The van der Waals surface area contributed by atoms with Crippen LogP contribution in [0.4, 0.5) is 0 Å². The molecule has 0 aromatic heterocycles. The molecule has 0 aromatic rings. The van der Waals surface area contributed by atoms with E-state index in [-0.39, 0.29) is 31.1 Å². The fourth-order valence-corrected chi connectivity index (χ4v) is 9.11. The molecule has 3 atom stereocenters. The van der Waals surface area contributed by atoms with Crippen molar-refractivity contribution in [3.63, 3.8) is 0 Å². The summed E-state index contributed by atoms with van der Waals surface area (Å²) in [6.45, 7) is 13.8. The third-order valence-electron chi connectivity index (χ3n) is 14.4. The molecule has 0 saturated carbocycles. The Morgan fingerprint density at radius 2 is 0.530 bits per heavy atom. The van der Waals surface area contributed by atoms with Crippen molar-refractivity contribution in [1.82, 2.24) is 0 Å². The van der Waals surface area contributed by atoms with Crippen molar-refractivity contribution >= 4 is 17.9 Å². The average molecular weight is 934 g/mol. The van der Waals surface area contributed by atoms with Crippen LogP contribution in [0.1, 0.15) is 330 Å². The molecule has 0 saturated heterocycles. The highest BCUT2D eigenvalue weighted by atomic mass is 16.6. The van der Waals surface area contributed by atoms with Crippen molar-refractivity contribution in [2.75, 3.05) is 13.2 Å². The molecule has 6 heteroatoms. The second-order valence-corrected chi connectivity index (χ2v) is 21.6. The molecule has 0 aromatic carbocycles. The van der Waals surface area contributed by atoms with Crippen molar-refractivity contribution < 1.29 is 28.6 Å². The third-order valence-corrected chi connectivity index (χ3v) is 14.4. The minimum atomic E-state index is -0.764. The number of carbonyl (C=O) groups excluding carboxylic acids is 3. The first-order valence-corrected chi connectivity index (χ1v) is 29.7. The molecule has 0 aliphatic rings. The largest absolute Gasteiger partial charge is 0.462 e. The standard InChI is InChI=1S/C60H116O6/c1-7-55(5)47-41-35-29-25-21-17-13-11-9-10-12-14-18-22-26-30-37-43-49-58(61)64-52-57(66-60(63)51-45-39-33-32-36-42-48-56(6)8-2)53-65-59(62)50-44-38-31-27-23-19-15-16-20-24-28-34-40-46-54(3)4/h54-57H,7-53H2,1-6H3/t55?,56?,57-/m1/s1. The van der Waals surface area contributed by atoms with Gasteiger partial charge < -0.3 is 14.2 Å². The van der Waals surface area contributed by atoms with Crippen LogP contribution in [0.15, 0.2) is 0 Å². The molecule has 6 nitrogen and oxygen atoms in total. The zero-order chi connectivity index (χ0) is 48.4. The lowest BCUT2D eigenvalue weighted by Crippen LogP contribution is -2.30. The Labute approximate surface area is 412 Å². The first-order chi connectivity index (χ1) is 32.2. The summed E-state index contributed by atoms with van der Waals surface area (Å²) in [6, 6.07) is 0. The minimum absolute atomic E-state index is 0.0644. The predicted octanol–water partition coefficient (Wildman–Crippen LogP) is 19.5. The van der Waals surface area contributed by atoms with Gasteiger partial charge in [-0.1, -0.05) is 292 Å². The van der Waals surface area contributed by atoms with E-state index >= 15 is 0 Å². The molecule has 2 unspecified atom stereocenters. The quantitative estimate of drug-likeness (QED) is 0.0343. The summed E-state index contributed by atoms with van der Waals surface area (Å²) in [5.41, 5.74) is 0. The van der Waals surface area contributed by atoms with Gasteiger partial charge in [0.05, 0.1) is 0 Å². The maximum absolute atomic E-state index is 12.8. The van der Waals surface area contributed by atoms with Gasteiger partial charge in [0.15, 0.2) is 6.10 Å². The van der Waals surface area contributed by atoms with Gasteiger partial charge in [-0.3, -0.25) is 14.4 Å².